The van der Waals surface area contributed by atoms with E-state index in [-0.39, 0.29) is 0 Å². The summed E-state index contributed by atoms with van der Waals surface area (Å²) in [6, 6.07) is 0.530. The van der Waals surface area contributed by atoms with Crippen LogP contribution in [0.4, 0.5) is 0 Å². The number of likely N-dealkylation sites (tertiary alicyclic amines) is 1. The number of rotatable bonds is 4. The van der Waals surface area contributed by atoms with Crippen LogP contribution in [0.15, 0.2) is 29.4 Å². The molecule has 6 heteroatoms. The lowest BCUT2D eigenvalue weighted by molar-refractivity contribution is 0.0996. The first kappa shape index (κ1) is 11.9. The van der Waals surface area contributed by atoms with Gasteiger partial charge in [0.15, 0.2) is 0 Å². The average molecular weight is 310 g/mol. The molecule has 0 radical (unpaired) electrons. The maximum Gasteiger partial charge on any atom is 0.0945 e. The van der Waals surface area contributed by atoms with Crippen LogP contribution in [-0.2, 0) is 13.5 Å². The second kappa shape index (κ2) is 4.85. The monoisotopic (exact) mass is 309 g/mol. The number of hydrogen-bond donors (Lipinski definition) is 0. The standard InChI is InChI=1S/C12H16BrN5/c1-16-9-14-5-11(16)2-3-17-7-12(8-17)18-6-10(13)4-15-18/h4-6,9,12H,2-3,7-8H2,1H3. The molecule has 0 atom stereocenters. The number of aryl methyl sites for hydroxylation is 1. The third-order valence-electron chi connectivity index (χ3n) is 3.48. The van der Waals surface area contributed by atoms with Gasteiger partial charge in [0.05, 0.1) is 23.0 Å². The van der Waals surface area contributed by atoms with Crippen molar-refractivity contribution in [1.29, 1.82) is 0 Å². The average Bonchev–Trinajstić information content (AvgIpc) is 2.86. The fourth-order valence-electron chi connectivity index (χ4n) is 2.31. The number of imidazole rings is 1. The van der Waals surface area contributed by atoms with Crippen LogP contribution in [-0.4, -0.2) is 43.9 Å². The first-order valence-corrected chi connectivity index (χ1v) is 6.89. The summed E-state index contributed by atoms with van der Waals surface area (Å²) >= 11 is 3.43. The summed E-state index contributed by atoms with van der Waals surface area (Å²) in [6.45, 7) is 3.27. The largest absolute Gasteiger partial charge is 0.338 e. The van der Waals surface area contributed by atoms with Gasteiger partial charge in [-0.1, -0.05) is 0 Å². The molecule has 3 heterocycles. The van der Waals surface area contributed by atoms with Gasteiger partial charge in [0.1, 0.15) is 0 Å². The molecule has 0 N–H and O–H groups in total. The fraction of sp³-hybridized carbons (Fsp3) is 0.500. The molecule has 0 amide bonds. The van der Waals surface area contributed by atoms with Crippen molar-refractivity contribution in [2.45, 2.75) is 12.5 Å². The van der Waals surface area contributed by atoms with Crippen LogP contribution in [0.2, 0.25) is 0 Å². The highest BCUT2D eigenvalue weighted by Gasteiger charge is 2.28. The SMILES string of the molecule is Cn1cncc1CCN1CC(n2cc(Br)cn2)C1. The van der Waals surface area contributed by atoms with Gasteiger partial charge < -0.3 is 4.57 Å². The van der Waals surface area contributed by atoms with Crippen molar-refractivity contribution in [1.82, 2.24) is 24.2 Å². The molecule has 0 saturated carbocycles. The van der Waals surface area contributed by atoms with Gasteiger partial charge >= 0.3 is 0 Å². The second-order valence-corrected chi connectivity index (χ2v) is 5.71. The lowest BCUT2D eigenvalue weighted by Crippen LogP contribution is -2.48. The topological polar surface area (TPSA) is 38.9 Å². The quantitative estimate of drug-likeness (QED) is 0.859. The normalized spacial score (nSPS) is 17.0. The van der Waals surface area contributed by atoms with E-state index in [1.807, 2.05) is 36.6 Å². The van der Waals surface area contributed by atoms with E-state index in [1.165, 1.54) is 5.69 Å². The molecule has 1 aliphatic rings. The van der Waals surface area contributed by atoms with Crippen LogP contribution in [0.5, 0.6) is 0 Å². The molecule has 2 aromatic rings. The van der Waals surface area contributed by atoms with E-state index in [1.54, 1.807) is 0 Å². The van der Waals surface area contributed by atoms with Crippen LogP contribution in [0, 0.1) is 0 Å². The van der Waals surface area contributed by atoms with Gasteiger partial charge in [0.2, 0.25) is 0 Å². The zero-order valence-corrected chi connectivity index (χ0v) is 11.9. The summed E-state index contributed by atoms with van der Waals surface area (Å²) in [5.41, 5.74) is 1.29. The van der Waals surface area contributed by atoms with Gasteiger partial charge in [-0.15, -0.1) is 0 Å². The molecule has 18 heavy (non-hydrogen) atoms. The summed E-state index contributed by atoms with van der Waals surface area (Å²) in [7, 11) is 2.04. The Bertz CT molecular complexity index is 526. The Morgan fingerprint density at radius 2 is 2.22 bits per heavy atom. The molecule has 1 saturated heterocycles. The minimum absolute atomic E-state index is 0.530. The first-order valence-electron chi connectivity index (χ1n) is 6.09. The Morgan fingerprint density at radius 1 is 1.39 bits per heavy atom. The number of aromatic nitrogens is 4. The summed E-state index contributed by atoms with van der Waals surface area (Å²) in [5.74, 6) is 0. The maximum atomic E-state index is 4.33. The van der Waals surface area contributed by atoms with Gasteiger partial charge in [0, 0.05) is 51.2 Å². The highest BCUT2D eigenvalue weighted by molar-refractivity contribution is 9.10. The summed E-state index contributed by atoms with van der Waals surface area (Å²) < 4.78 is 5.18. The lowest BCUT2D eigenvalue weighted by Gasteiger charge is -2.39. The molecule has 5 nitrogen and oxygen atoms in total. The second-order valence-electron chi connectivity index (χ2n) is 4.80. The van der Waals surface area contributed by atoms with E-state index in [2.05, 4.69) is 35.5 Å². The Labute approximate surface area is 115 Å². The van der Waals surface area contributed by atoms with E-state index in [4.69, 9.17) is 0 Å². The number of hydrogen-bond acceptors (Lipinski definition) is 3. The number of halogens is 1. The summed E-state index contributed by atoms with van der Waals surface area (Å²) in [5, 5.41) is 4.33. The third-order valence-corrected chi connectivity index (χ3v) is 3.89. The van der Waals surface area contributed by atoms with Gasteiger partial charge in [0.25, 0.3) is 0 Å². The fourth-order valence-corrected chi connectivity index (χ4v) is 2.61. The molecule has 0 aliphatic carbocycles. The predicted molar refractivity (Wildman–Crippen MR) is 72.3 cm³/mol. The molecule has 2 aromatic heterocycles. The molecule has 0 spiro atoms. The van der Waals surface area contributed by atoms with Crippen LogP contribution in [0.25, 0.3) is 0 Å². The zero-order chi connectivity index (χ0) is 12.5. The van der Waals surface area contributed by atoms with Crippen LogP contribution in [0.1, 0.15) is 11.7 Å². The highest BCUT2D eigenvalue weighted by Crippen LogP contribution is 2.22. The van der Waals surface area contributed by atoms with E-state index >= 15 is 0 Å². The van der Waals surface area contributed by atoms with Crippen molar-refractivity contribution >= 4 is 15.9 Å². The number of nitrogens with zero attached hydrogens (tertiary/aromatic N) is 5. The molecular formula is C12H16BrN5. The van der Waals surface area contributed by atoms with Gasteiger partial charge in [-0.3, -0.25) is 9.58 Å². The first-order chi connectivity index (χ1) is 8.72. The Hall–Kier alpha value is -1.14. The van der Waals surface area contributed by atoms with Gasteiger partial charge in [-0.05, 0) is 15.9 Å². The molecule has 1 fully saturated rings. The molecule has 96 valence electrons. The van der Waals surface area contributed by atoms with Crippen LogP contribution < -0.4 is 0 Å². The van der Waals surface area contributed by atoms with Crippen LogP contribution >= 0.6 is 15.9 Å². The van der Waals surface area contributed by atoms with Crippen molar-refractivity contribution in [2.75, 3.05) is 19.6 Å². The molecule has 0 aromatic carbocycles. The van der Waals surface area contributed by atoms with Gasteiger partial charge in [-0.25, -0.2) is 4.98 Å². The predicted octanol–water partition coefficient (Wildman–Crippen LogP) is 1.48. The third kappa shape index (κ3) is 2.35. The smallest absolute Gasteiger partial charge is 0.0945 e. The van der Waals surface area contributed by atoms with Crippen molar-refractivity contribution in [3.63, 3.8) is 0 Å². The van der Waals surface area contributed by atoms with Crippen molar-refractivity contribution in [2.24, 2.45) is 7.05 Å². The highest BCUT2D eigenvalue weighted by atomic mass is 79.9. The van der Waals surface area contributed by atoms with Crippen molar-refractivity contribution in [3.8, 4) is 0 Å². The minimum atomic E-state index is 0.530. The lowest BCUT2D eigenvalue weighted by atomic mass is 10.1. The molecular weight excluding hydrogens is 294 g/mol. The van der Waals surface area contributed by atoms with Crippen molar-refractivity contribution in [3.05, 3.63) is 35.1 Å². The molecule has 1 aliphatic heterocycles. The maximum absolute atomic E-state index is 4.33. The van der Waals surface area contributed by atoms with E-state index in [0.717, 1.165) is 30.5 Å². The zero-order valence-electron chi connectivity index (χ0n) is 10.3. The summed E-state index contributed by atoms with van der Waals surface area (Å²) in [4.78, 5) is 6.59. The molecule has 3 rings (SSSR count). The Kier molecular flexibility index (Phi) is 3.22. The van der Waals surface area contributed by atoms with E-state index < -0.39 is 0 Å². The van der Waals surface area contributed by atoms with E-state index in [9.17, 15) is 0 Å². The van der Waals surface area contributed by atoms with Gasteiger partial charge in [-0.2, -0.15) is 5.10 Å². The van der Waals surface area contributed by atoms with E-state index in [0.29, 0.717) is 6.04 Å². The Morgan fingerprint density at radius 3 is 2.83 bits per heavy atom. The molecule has 0 bridgehead atoms. The minimum Gasteiger partial charge on any atom is -0.338 e. The van der Waals surface area contributed by atoms with Crippen molar-refractivity contribution < 1.29 is 0 Å². The Balaban J connectivity index is 1.47. The van der Waals surface area contributed by atoms with Crippen LogP contribution in [0.3, 0.4) is 0 Å². The molecule has 0 unspecified atom stereocenters. The summed E-state index contributed by atoms with van der Waals surface area (Å²) in [6.07, 6.45) is 8.75.